The first-order valence-corrected chi connectivity index (χ1v) is 10.5. The summed E-state index contributed by atoms with van der Waals surface area (Å²) in [7, 11) is 4.00. The van der Waals surface area contributed by atoms with E-state index < -0.39 is 0 Å². The summed E-state index contributed by atoms with van der Waals surface area (Å²) in [6.45, 7) is 4.02. The predicted octanol–water partition coefficient (Wildman–Crippen LogP) is 2.86. The SMILES string of the molecule is Cc1[nH]cnc1CN(CCN(C)C)C(=O)Cn1cc(C(=O)C2CC2)c2ccccc21. The van der Waals surface area contributed by atoms with Gasteiger partial charge in [0, 0.05) is 47.4 Å². The standard InChI is InChI=1S/C23H29N5O2/c1-16-20(25-15-24-16)13-27(11-10-26(2)3)22(29)14-28-12-19(23(30)17-8-9-17)18-6-4-5-7-21(18)28/h4-7,12,15,17H,8-11,13-14H2,1-3H3,(H,24,25). The zero-order valence-corrected chi connectivity index (χ0v) is 17.9. The first-order valence-electron chi connectivity index (χ1n) is 10.5. The Morgan fingerprint density at radius 2 is 1.97 bits per heavy atom. The maximum atomic E-state index is 13.3. The van der Waals surface area contributed by atoms with Gasteiger partial charge in [-0.3, -0.25) is 9.59 Å². The van der Waals surface area contributed by atoms with Gasteiger partial charge in [0.1, 0.15) is 6.54 Å². The first-order chi connectivity index (χ1) is 14.4. The lowest BCUT2D eigenvalue weighted by molar-refractivity contribution is -0.132. The Kier molecular flexibility index (Phi) is 5.72. The van der Waals surface area contributed by atoms with Gasteiger partial charge < -0.3 is 19.4 Å². The number of carbonyl (C=O) groups is 2. The van der Waals surface area contributed by atoms with Crippen LogP contribution in [0.1, 0.15) is 34.6 Å². The Hall–Kier alpha value is -2.93. The van der Waals surface area contributed by atoms with Crippen molar-refractivity contribution < 1.29 is 9.59 Å². The minimum absolute atomic E-state index is 0.0189. The highest BCUT2D eigenvalue weighted by Crippen LogP contribution is 2.35. The van der Waals surface area contributed by atoms with Crippen LogP contribution in [0.2, 0.25) is 0 Å². The first kappa shape index (κ1) is 20.3. The van der Waals surface area contributed by atoms with Crippen LogP contribution in [-0.4, -0.2) is 63.2 Å². The summed E-state index contributed by atoms with van der Waals surface area (Å²) in [5.74, 6) is 0.374. The van der Waals surface area contributed by atoms with Crippen molar-refractivity contribution in [3.8, 4) is 0 Å². The molecule has 3 aromatic rings. The summed E-state index contributed by atoms with van der Waals surface area (Å²) in [6.07, 6.45) is 5.47. The Balaban J connectivity index is 1.59. The van der Waals surface area contributed by atoms with Crippen molar-refractivity contribution in [3.05, 3.63) is 53.7 Å². The second-order valence-electron chi connectivity index (χ2n) is 8.42. The highest BCUT2D eigenvalue weighted by Gasteiger charge is 2.32. The average molecular weight is 408 g/mol. The Bertz CT molecular complexity index is 1060. The van der Waals surface area contributed by atoms with Crippen molar-refractivity contribution in [3.63, 3.8) is 0 Å². The average Bonchev–Trinajstić information content (AvgIpc) is 3.41. The molecule has 0 bridgehead atoms. The van der Waals surface area contributed by atoms with Crippen LogP contribution in [0.3, 0.4) is 0 Å². The topological polar surface area (TPSA) is 74.2 Å². The quantitative estimate of drug-likeness (QED) is 0.554. The fraction of sp³-hybridized carbons (Fsp3) is 0.435. The molecule has 7 heteroatoms. The molecule has 0 unspecified atom stereocenters. The van der Waals surface area contributed by atoms with Gasteiger partial charge >= 0.3 is 0 Å². The summed E-state index contributed by atoms with van der Waals surface area (Å²) in [6, 6.07) is 7.85. The Morgan fingerprint density at radius 3 is 2.63 bits per heavy atom. The number of H-pyrrole nitrogens is 1. The van der Waals surface area contributed by atoms with Gasteiger partial charge in [-0.15, -0.1) is 0 Å². The number of aromatic nitrogens is 3. The third-order valence-electron chi connectivity index (χ3n) is 5.75. The number of ketones is 1. The maximum Gasteiger partial charge on any atom is 0.242 e. The summed E-state index contributed by atoms with van der Waals surface area (Å²) in [5, 5.41) is 0.935. The fourth-order valence-corrected chi connectivity index (χ4v) is 3.73. The van der Waals surface area contributed by atoms with E-state index in [-0.39, 0.29) is 24.2 Å². The minimum atomic E-state index is 0.0189. The number of hydrogen-bond acceptors (Lipinski definition) is 4. The summed E-state index contributed by atoms with van der Waals surface area (Å²) in [5.41, 5.74) is 3.52. The number of nitrogens with zero attached hydrogens (tertiary/aromatic N) is 4. The van der Waals surface area contributed by atoms with E-state index in [1.807, 2.05) is 60.9 Å². The van der Waals surface area contributed by atoms with Gasteiger partial charge in [-0.05, 0) is 39.9 Å². The van der Waals surface area contributed by atoms with Crippen LogP contribution in [-0.2, 0) is 17.9 Å². The van der Waals surface area contributed by atoms with Gasteiger partial charge in [0.15, 0.2) is 5.78 Å². The van der Waals surface area contributed by atoms with E-state index in [1.54, 1.807) is 6.33 Å². The number of fused-ring (bicyclic) bond motifs is 1. The van der Waals surface area contributed by atoms with Gasteiger partial charge in [0.05, 0.1) is 18.6 Å². The number of para-hydroxylation sites is 1. The third-order valence-corrected chi connectivity index (χ3v) is 5.75. The number of nitrogens with one attached hydrogen (secondary N) is 1. The number of aryl methyl sites for hydroxylation is 1. The molecule has 0 atom stereocenters. The largest absolute Gasteiger partial charge is 0.348 e. The van der Waals surface area contributed by atoms with E-state index in [1.165, 1.54) is 0 Å². The van der Waals surface area contributed by atoms with Crippen molar-refractivity contribution in [1.29, 1.82) is 0 Å². The molecule has 1 aliphatic rings. The zero-order chi connectivity index (χ0) is 21.3. The molecule has 0 spiro atoms. The second kappa shape index (κ2) is 8.44. The Morgan fingerprint density at radius 1 is 1.20 bits per heavy atom. The van der Waals surface area contributed by atoms with E-state index >= 15 is 0 Å². The van der Waals surface area contributed by atoms with Crippen LogP contribution in [0.25, 0.3) is 10.9 Å². The van der Waals surface area contributed by atoms with E-state index in [2.05, 4.69) is 14.9 Å². The van der Waals surface area contributed by atoms with Gasteiger partial charge in [0.2, 0.25) is 5.91 Å². The second-order valence-corrected chi connectivity index (χ2v) is 8.42. The summed E-state index contributed by atoms with van der Waals surface area (Å²) in [4.78, 5) is 37.4. The normalized spacial score (nSPS) is 13.9. The van der Waals surface area contributed by atoms with Gasteiger partial charge in [-0.25, -0.2) is 4.98 Å². The Labute approximate surface area is 176 Å². The van der Waals surface area contributed by atoms with Crippen molar-refractivity contribution in [2.24, 2.45) is 5.92 Å². The van der Waals surface area contributed by atoms with Crippen LogP contribution in [0, 0.1) is 12.8 Å². The minimum Gasteiger partial charge on any atom is -0.348 e. The highest BCUT2D eigenvalue weighted by molar-refractivity contribution is 6.10. The number of likely N-dealkylation sites (N-methyl/N-ethyl adjacent to an activating group) is 1. The molecule has 1 N–H and O–H groups in total. The number of benzene rings is 1. The molecule has 1 amide bonds. The number of amides is 1. The molecule has 7 nitrogen and oxygen atoms in total. The van der Waals surface area contributed by atoms with Crippen molar-refractivity contribution >= 4 is 22.6 Å². The molecule has 1 aromatic carbocycles. The zero-order valence-electron chi connectivity index (χ0n) is 17.9. The van der Waals surface area contributed by atoms with Gasteiger partial charge in [-0.2, -0.15) is 0 Å². The predicted molar refractivity (Wildman–Crippen MR) is 116 cm³/mol. The molecule has 30 heavy (non-hydrogen) atoms. The number of aromatic amines is 1. The van der Waals surface area contributed by atoms with Crippen LogP contribution in [0.5, 0.6) is 0 Å². The highest BCUT2D eigenvalue weighted by atomic mass is 16.2. The molecule has 2 heterocycles. The number of Topliss-reactive ketones (excluding diaryl/α,β-unsaturated/α-hetero) is 1. The number of carbonyl (C=O) groups excluding carboxylic acids is 2. The van der Waals surface area contributed by atoms with Crippen LogP contribution in [0.15, 0.2) is 36.8 Å². The number of rotatable bonds is 9. The van der Waals surface area contributed by atoms with Gasteiger partial charge in [0.25, 0.3) is 0 Å². The number of hydrogen-bond donors (Lipinski definition) is 1. The van der Waals surface area contributed by atoms with Gasteiger partial charge in [-0.1, -0.05) is 18.2 Å². The molecular weight excluding hydrogens is 378 g/mol. The summed E-state index contributed by atoms with van der Waals surface area (Å²) >= 11 is 0. The molecular formula is C23H29N5O2. The van der Waals surface area contributed by atoms with Crippen LogP contribution < -0.4 is 0 Å². The monoisotopic (exact) mass is 407 g/mol. The molecule has 0 radical (unpaired) electrons. The molecule has 4 rings (SSSR count). The van der Waals surface area contributed by atoms with Crippen molar-refractivity contribution in [2.75, 3.05) is 27.2 Å². The molecule has 1 aliphatic carbocycles. The molecule has 1 saturated carbocycles. The molecule has 1 fully saturated rings. The fourth-order valence-electron chi connectivity index (χ4n) is 3.73. The van der Waals surface area contributed by atoms with Crippen LogP contribution in [0.4, 0.5) is 0 Å². The lowest BCUT2D eigenvalue weighted by atomic mass is 10.1. The van der Waals surface area contributed by atoms with E-state index in [9.17, 15) is 9.59 Å². The van der Waals surface area contributed by atoms with Crippen molar-refractivity contribution in [1.82, 2.24) is 24.3 Å². The van der Waals surface area contributed by atoms with E-state index in [0.717, 1.165) is 47.2 Å². The third kappa shape index (κ3) is 4.31. The molecule has 0 saturated heterocycles. The number of imidazole rings is 1. The maximum absolute atomic E-state index is 13.3. The molecule has 158 valence electrons. The lowest BCUT2D eigenvalue weighted by Gasteiger charge is -2.24. The summed E-state index contributed by atoms with van der Waals surface area (Å²) < 4.78 is 1.92. The smallest absolute Gasteiger partial charge is 0.242 e. The van der Waals surface area contributed by atoms with E-state index in [0.29, 0.717) is 13.1 Å². The van der Waals surface area contributed by atoms with Crippen LogP contribution >= 0.6 is 0 Å². The lowest BCUT2D eigenvalue weighted by Crippen LogP contribution is -2.38. The molecule has 2 aromatic heterocycles. The van der Waals surface area contributed by atoms with Crippen molar-refractivity contribution in [2.45, 2.75) is 32.9 Å². The van der Waals surface area contributed by atoms with E-state index in [4.69, 9.17) is 0 Å². The molecule has 0 aliphatic heterocycles.